The van der Waals surface area contributed by atoms with Crippen LogP contribution in [0.25, 0.3) is 0 Å². The van der Waals surface area contributed by atoms with E-state index in [0.717, 1.165) is 24.1 Å². The van der Waals surface area contributed by atoms with Gasteiger partial charge in [0.15, 0.2) is 11.6 Å². The number of hydrogen-bond donors (Lipinski definition) is 0. The topological polar surface area (TPSA) is 24.7 Å². The van der Waals surface area contributed by atoms with Crippen LogP contribution in [0.4, 0.5) is 8.78 Å². The fourth-order valence-corrected chi connectivity index (χ4v) is 2.50. The summed E-state index contributed by atoms with van der Waals surface area (Å²) in [6.45, 7) is 2.22. The van der Waals surface area contributed by atoms with Gasteiger partial charge in [-0.1, -0.05) is 62.9 Å². The Bertz CT molecular complexity index is 706. The number of unbranched alkanes of at least 4 members (excludes halogenated alkanes) is 4. The molecule has 132 valence electrons. The lowest BCUT2D eigenvalue weighted by Gasteiger charge is -2.02. The molecule has 0 bridgehead atoms. The Kier molecular flexibility index (Phi) is 7.96. The fourth-order valence-electron chi connectivity index (χ4n) is 2.50. The zero-order chi connectivity index (χ0) is 17.9. The van der Waals surface area contributed by atoms with Crippen LogP contribution in [-0.2, 0) is 6.42 Å². The molecule has 0 atom stereocenters. The van der Waals surface area contributed by atoms with Gasteiger partial charge < -0.3 is 0 Å². The summed E-state index contributed by atoms with van der Waals surface area (Å²) in [5, 5.41) is 7.81. The van der Waals surface area contributed by atoms with E-state index in [0.29, 0.717) is 5.56 Å². The van der Waals surface area contributed by atoms with Gasteiger partial charge in [-0.2, -0.15) is 10.2 Å². The Morgan fingerprint density at radius 3 is 2.08 bits per heavy atom. The lowest BCUT2D eigenvalue weighted by molar-refractivity contribution is 0.508. The predicted molar refractivity (Wildman–Crippen MR) is 100 cm³/mol. The Labute approximate surface area is 148 Å². The Morgan fingerprint density at radius 1 is 0.760 bits per heavy atom. The quantitative estimate of drug-likeness (QED) is 0.306. The van der Waals surface area contributed by atoms with Crippen molar-refractivity contribution >= 4 is 12.4 Å². The van der Waals surface area contributed by atoms with Crippen LogP contribution in [0.2, 0.25) is 0 Å². The van der Waals surface area contributed by atoms with Crippen LogP contribution in [0.15, 0.2) is 52.7 Å². The summed E-state index contributed by atoms with van der Waals surface area (Å²) in [4.78, 5) is 0. The van der Waals surface area contributed by atoms with Gasteiger partial charge in [0.1, 0.15) is 0 Å². The van der Waals surface area contributed by atoms with E-state index in [1.54, 1.807) is 6.21 Å². The monoisotopic (exact) mass is 342 g/mol. The van der Waals surface area contributed by atoms with Gasteiger partial charge in [0.2, 0.25) is 0 Å². The standard InChI is InChI=1S/C21H24F2N2/c1-2-3-4-5-6-7-17-8-10-18(11-9-17)15-24-25-16-19-12-13-20(22)21(23)14-19/h8-16H,2-7H2,1H3/b24-15+,25-16+. The van der Waals surface area contributed by atoms with E-state index in [-0.39, 0.29) is 0 Å². The third kappa shape index (κ3) is 6.96. The highest BCUT2D eigenvalue weighted by atomic mass is 19.2. The molecule has 0 radical (unpaired) electrons. The van der Waals surface area contributed by atoms with Gasteiger partial charge >= 0.3 is 0 Å². The maximum atomic E-state index is 13.1. The summed E-state index contributed by atoms with van der Waals surface area (Å²) in [6, 6.07) is 11.9. The van der Waals surface area contributed by atoms with Crippen molar-refractivity contribution < 1.29 is 8.78 Å². The third-order valence-electron chi connectivity index (χ3n) is 3.97. The first-order valence-corrected chi connectivity index (χ1v) is 8.79. The molecule has 0 aromatic heterocycles. The average Bonchev–Trinajstić information content (AvgIpc) is 2.62. The van der Waals surface area contributed by atoms with E-state index < -0.39 is 11.6 Å². The molecule has 25 heavy (non-hydrogen) atoms. The minimum absolute atomic E-state index is 0.467. The van der Waals surface area contributed by atoms with Crippen molar-refractivity contribution in [2.45, 2.75) is 45.4 Å². The van der Waals surface area contributed by atoms with Crippen LogP contribution in [-0.4, -0.2) is 12.4 Å². The van der Waals surface area contributed by atoms with Gasteiger partial charge in [0, 0.05) is 0 Å². The molecule has 0 heterocycles. The van der Waals surface area contributed by atoms with Crippen molar-refractivity contribution in [1.82, 2.24) is 0 Å². The molecule has 0 unspecified atom stereocenters. The summed E-state index contributed by atoms with van der Waals surface area (Å²) in [7, 11) is 0. The number of aryl methyl sites for hydroxylation is 1. The largest absolute Gasteiger partial charge is 0.204 e. The van der Waals surface area contributed by atoms with Crippen LogP contribution in [0, 0.1) is 11.6 Å². The number of benzene rings is 2. The first-order chi connectivity index (χ1) is 12.2. The molecule has 0 fully saturated rings. The van der Waals surface area contributed by atoms with E-state index in [4.69, 9.17) is 0 Å². The number of halogens is 2. The molecule has 2 nitrogen and oxygen atoms in total. The Hall–Kier alpha value is -2.36. The highest BCUT2D eigenvalue weighted by molar-refractivity contribution is 5.82. The van der Waals surface area contributed by atoms with Gasteiger partial charge in [-0.15, -0.1) is 0 Å². The van der Waals surface area contributed by atoms with Crippen molar-refractivity contribution in [3.05, 3.63) is 70.8 Å². The molecule has 0 aliphatic carbocycles. The van der Waals surface area contributed by atoms with E-state index in [2.05, 4.69) is 29.3 Å². The van der Waals surface area contributed by atoms with Gasteiger partial charge in [-0.3, -0.25) is 0 Å². The molecule has 0 aliphatic heterocycles. The molecule has 2 aromatic carbocycles. The number of rotatable bonds is 9. The average molecular weight is 342 g/mol. The van der Waals surface area contributed by atoms with E-state index in [1.807, 2.05) is 12.1 Å². The van der Waals surface area contributed by atoms with Gasteiger partial charge in [-0.05, 0) is 41.7 Å². The highest BCUT2D eigenvalue weighted by Crippen LogP contribution is 2.10. The molecule has 0 N–H and O–H groups in total. The second-order valence-corrected chi connectivity index (χ2v) is 6.07. The lowest BCUT2D eigenvalue weighted by Crippen LogP contribution is -1.88. The van der Waals surface area contributed by atoms with Crippen molar-refractivity contribution in [2.75, 3.05) is 0 Å². The summed E-state index contributed by atoms with van der Waals surface area (Å²) in [5.41, 5.74) is 2.76. The minimum atomic E-state index is -0.891. The summed E-state index contributed by atoms with van der Waals surface area (Å²) < 4.78 is 25.9. The Morgan fingerprint density at radius 2 is 1.40 bits per heavy atom. The summed E-state index contributed by atoms with van der Waals surface area (Å²) >= 11 is 0. The van der Waals surface area contributed by atoms with Crippen LogP contribution < -0.4 is 0 Å². The van der Waals surface area contributed by atoms with Crippen LogP contribution in [0.5, 0.6) is 0 Å². The second kappa shape index (κ2) is 10.5. The number of nitrogens with zero attached hydrogens (tertiary/aromatic N) is 2. The molecule has 4 heteroatoms. The SMILES string of the molecule is CCCCCCCc1ccc(/C=N/N=C/c2ccc(F)c(F)c2)cc1. The molecular weight excluding hydrogens is 318 g/mol. The van der Waals surface area contributed by atoms with Gasteiger partial charge in [0.25, 0.3) is 0 Å². The van der Waals surface area contributed by atoms with Crippen molar-refractivity contribution in [3.8, 4) is 0 Å². The Balaban J connectivity index is 1.80. The highest BCUT2D eigenvalue weighted by Gasteiger charge is 2.00. The van der Waals surface area contributed by atoms with Crippen LogP contribution >= 0.6 is 0 Å². The first kappa shape index (κ1) is 19.0. The van der Waals surface area contributed by atoms with Crippen LogP contribution in [0.1, 0.15) is 55.7 Å². The lowest BCUT2D eigenvalue weighted by atomic mass is 10.0. The minimum Gasteiger partial charge on any atom is -0.204 e. The van der Waals surface area contributed by atoms with Crippen LogP contribution in [0.3, 0.4) is 0 Å². The second-order valence-electron chi connectivity index (χ2n) is 6.07. The maximum Gasteiger partial charge on any atom is 0.159 e. The van der Waals surface area contributed by atoms with Crippen molar-refractivity contribution in [3.63, 3.8) is 0 Å². The predicted octanol–water partition coefficient (Wildman–Crippen LogP) is 5.93. The zero-order valence-electron chi connectivity index (χ0n) is 14.6. The van der Waals surface area contributed by atoms with Crippen molar-refractivity contribution in [2.24, 2.45) is 10.2 Å². The van der Waals surface area contributed by atoms with E-state index in [1.165, 1.54) is 49.9 Å². The molecular formula is C21H24F2N2. The molecule has 0 aliphatic rings. The smallest absolute Gasteiger partial charge is 0.159 e. The molecule has 0 spiro atoms. The maximum absolute atomic E-state index is 13.1. The number of hydrogen-bond acceptors (Lipinski definition) is 2. The summed E-state index contributed by atoms with van der Waals surface area (Å²) in [6.07, 6.45) is 10.6. The first-order valence-electron chi connectivity index (χ1n) is 8.79. The summed E-state index contributed by atoms with van der Waals surface area (Å²) in [5.74, 6) is -1.76. The molecule has 2 rings (SSSR count). The molecule has 0 saturated heterocycles. The molecule has 0 saturated carbocycles. The van der Waals surface area contributed by atoms with Gasteiger partial charge in [0.05, 0.1) is 12.4 Å². The normalized spacial score (nSPS) is 11.6. The fraction of sp³-hybridized carbons (Fsp3) is 0.333. The zero-order valence-corrected chi connectivity index (χ0v) is 14.6. The molecule has 0 amide bonds. The van der Waals surface area contributed by atoms with E-state index >= 15 is 0 Å². The van der Waals surface area contributed by atoms with E-state index in [9.17, 15) is 8.78 Å². The third-order valence-corrected chi connectivity index (χ3v) is 3.97. The van der Waals surface area contributed by atoms with Crippen molar-refractivity contribution in [1.29, 1.82) is 0 Å². The van der Waals surface area contributed by atoms with Gasteiger partial charge in [-0.25, -0.2) is 8.78 Å². The molecule has 2 aromatic rings.